The second-order valence-electron chi connectivity index (χ2n) is 4.33. The molecule has 0 aliphatic carbocycles. The molecule has 0 saturated carbocycles. The van der Waals surface area contributed by atoms with Crippen LogP contribution in [0.5, 0.6) is 0 Å². The molecule has 7 heteroatoms. The Labute approximate surface area is 115 Å². The van der Waals surface area contributed by atoms with Crippen molar-refractivity contribution in [3.8, 4) is 0 Å². The summed E-state index contributed by atoms with van der Waals surface area (Å²) < 4.78 is 5.65. The van der Waals surface area contributed by atoms with Gasteiger partial charge in [-0.2, -0.15) is 0 Å². The maximum Gasteiger partial charge on any atom is 0.274 e. The number of rotatable bonds is 2. The van der Waals surface area contributed by atoms with Crippen molar-refractivity contribution in [3.63, 3.8) is 0 Å². The summed E-state index contributed by atoms with van der Waals surface area (Å²) >= 11 is 0. The molecule has 0 spiro atoms. The molecular formula is C13H13N5O2. The lowest BCUT2D eigenvalue weighted by Crippen LogP contribution is -2.42. The zero-order valence-electron chi connectivity index (χ0n) is 10.7. The van der Waals surface area contributed by atoms with Crippen molar-refractivity contribution in [3.05, 3.63) is 48.6 Å². The summed E-state index contributed by atoms with van der Waals surface area (Å²) in [5.74, 6) is -0.143. The van der Waals surface area contributed by atoms with Gasteiger partial charge in [-0.05, 0) is 0 Å². The monoisotopic (exact) mass is 271 g/mol. The highest BCUT2D eigenvalue weighted by Gasteiger charge is 2.27. The maximum atomic E-state index is 12.3. The highest BCUT2D eigenvalue weighted by molar-refractivity contribution is 5.92. The van der Waals surface area contributed by atoms with Crippen molar-refractivity contribution < 1.29 is 9.53 Å². The molecule has 1 saturated heterocycles. The molecule has 1 atom stereocenters. The molecule has 0 N–H and O–H groups in total. The van der Waals surface area contributed by atoms with E-state index in [0.29, 0.717) is 25.4 Å². The summed E-state index contributed by atoms with van der Waals surface area (Å²) in [6, 6.07) is 0. The van der Waals surface area contributed by atoms with Gasteiger partial charge in [-0.1, -0.05) is 0 Å². The van der Waals surface area contributed by atoms with Crippen molar-refractivity contribution in [1.29, 1.82) is 0 Å². The predicted molar refractivity (Wildman–Crippen MR) is 68.7 cm³/mol. The molecule has 1 fully saturated rings. The first-order chi connectivity index (χ1) is 9.84. The van der Waals surface area contributed by atoms with Crippen molar-refractivity contribution >= 4 is 5.91 Å². The Kier molecular flexibility index (Phi) is 3.60. The summed E-state index contributed by atoms with van der Waals surface area (Å²) in [5, 5.41) is 0. The third-order valence-corrected chi connectivity index (χ3v) is 3.05. The van der Waals surface area contributed by atoms with Gasteiger partial charge in [0, 0.05) is 31.3 Å². The van der Waals surface area contributed by atoms with Gasteiger partial charge in [-0.15, -0.1) is 0 Å². The van der Waals surface area contributed by atoms with Crippen LogP contribution < -0.4 is 0 Å². The van der Waals surface area contributed by atoms with Crippen LogP contribution in [-0.2, 0) is 4.74 Å². The largest absolute Gasteiger partial charge is 0.368 e. The maximum absolute atomic E-state index is 12.3. The van der Waals surface area contributed by atoms with E-state index in [1.54, 1.807) is 29.7 Å². The third kappa shape index (κ3) is 2.62. The second kappa shape index (κ2) is 5.70. The van der Waals surface area contributed by atoms with Gasteiger partial charge in [0.15, 0.2) is 0 Å². The normalized spacial score (nSPS) is 18.8. The van der Waals surface area contributed by atoms with Gasteiger partial charge in [0.25, 0.3) is 5.91 Å². The van der Waals surface area contributed by atoms with Gasteiger partial charge in [-0.25, -0.2) is 4.98 Å². The Balaban J connectivity index is 1.74. The SMILES string of the molecule is O=C(c1cnccn1)N1CCOC(c2cnccn2)C1. The standard InChI is InChI=1S/C13H13N5O2/c19-13(11-8-15-2-4-17-11)18-5-6-20-12(9-18)10-7-14-1-3-16-10/h1-4,7-8,12H,5-6,9H2. The molecule has 0 aromatic carbocycles. The first-order valence-electron chi connectivity index (χ1n) is 6.27. The molecular weight excluding hydrogens is 258 g/mol. The average molecular weight is 271 g/mol. The number of aromatic nitrogens is 4. The summed E-state index contributed by atoms with van der Waals surface area (Å²) in [7, 11) is 0. The number of hydrogen-bond donors (Lipinski definition) is 0. The minimum Gasteiger partial charge on any atom is -0.368 e. The van der Waals surface area contributed by atoms with Gasteiger partial charge in [0.05, 0.1) is 31.2 Å². The van der Waals surface area contributed by atoms with Crippen LogP contribution in [0.15, 0.2) is 37.2 Å². The van der Waals surface area contributed by atoms with Gasteiger partial charge >= 0.3 is 0 Å². The van der Waals surface area contributed by atoms with E-state index in [2.05, 4.69) is 19.9 Å². The van der Waals surface area contributed by atoms with Crippen LogP contribution in [-0.4, -0.2) is 50.4 Å². The molecule has 1 unspecified atom stereocenters. The van der Waals surface area contributed by atoms with E-state index in [4.69, 9.17) is 4.74 Å². The summed E-state index contributed by atoms with van der Waals surface area (Å²) in [4.78, 5) is 30.2. The number of carbonyl (C=O) groups excluding carboxylic acids is 1. The Bertz CT molecular complexity index is 578. The van der Waals surface area contributed by atoms with Crippen molar-refractivity contribution in [1.82, 2.24) is 24.8 Å². The fourth-order valence-corrected chi connectivity index (χ4v) is 2.06. The summed E-state index contributed by atoms with van der Waals surface area (Å²) in [5.41, 5.74) is 1.07. The van der Waals surface area contributed by atoms with Gasteiger partial charge < -0.3 is 9.64 Å². The molecule has 7 nitrogen and oxygen atoms in total. The van der Waals surface area contributed by atoms with Crippen LogP contribution in [0, 0.1) is 0 Å². The molecule has 2 aromatic heterocycles. The van der Waals surface area contributed by atoms with E-state index in [1.165, 1.54) is 12.4 Å². The number of nitrogens with zero attached hydrogens (tertiary/aromatic N) is 5. The molecule has 102 valence electrons. The highest BCUT2D eigenvalue weighted by atomic mass is 16.5. The lowest BCUT2D eigenvalue weighted by atomic mass is 10.2. The van der Waals surface area contributed by atoms with Gasteiger partial charge in [0.2, 0.25) is 0 Å². The van der Waals surface area contributed by atoms with Crippen LogP contribution in [0.25, 0.3) is 0 Å². The zero-order chi connectivity index (χ0) is 13.8. The molecule has 1 aliphatic rings. The average Bonchev–Trinajstić information content (AvgIpc) is 2.56. The Hall–Kier alpha value is -2.41. The number of morpholine rings is 1. The second-order valence-corrected chi connectivity index (χ2v) is 4.33. The molecule has 1 amide bonds. The number of hydrogen-bond acceptors (Lipinski definition) is 6. The van der Waals surface area contributed by atoms with Crippen LogP contribution in [0.2, 0.25) is 0 Å². The zero-order valence-corrected chi connectivity index (χ0v) is 10.7. The molecule has 2 aromatic rings. The molecule has 0 radical (unpaired) electrons. The Morgan fingerprint density at radius 2 is 1.95 bits per heavy atom. The molecule has 1 aliphatic heterocycles. The Morgan fingerprint density at radius 3 is 2.65 bits per heavy atom. The van der Waals surface area contributed by atoms with Crippen molar-refractivity contribution in [2.75, 3.05) is 19.7 Å². The van der Waals surface area contributed by atoms with Crippen LogP contribution in [0.4, 0.5) is 0 Å². The van der Waals surface area contributed by atoms with E-state index < -0.39 is 0 Å². The highest BCUT2D eigenvalue weighted by Crippen LogP contribution is 2.20. The van der Waals surface area contributed by atoms with Gasteiger partial charge in [0.1, 0.15) is 11.8 Å². The minimum atomic E-state index is -0.252. The predicted octanol–water partition coefficient (Wildman–Crippen LogP) is 0.480. The molecule has 3 heterocycles. The fourth-order valence-electron chi connectivity index (χ4n) is 2.06. The first kappa shape index (κ1) is 12.6. The van der Waals surface area contributed by atoms with Crippen LogP contribution in [0.3, 0.4) is 0 Å². The van der Waals surface area contributed by atoms with Crippen molar-refractivity contribution in [2.24, 2.45) is 0 Å². The number of carbonyl (C=O) groups is 1. The van der Waals surface area contributed by atoms with E-state index in [0.717, 1.165) is 5.69 Å². The topological polar surface area (TPSA) is 81.1 Å². The van der Waals surface area contributed by atoms with Gasteiger partial charge in [-0.3, -0.25) is 19.7 Å². The third-order valence-electron chi connectivity index (χ3n) is 3.05. The van der Waals surface area contributed by atoms with E-state index in [9.17, 15) is 4.79 Å². The van der Waals surface area contributed by atoms with E-state index >= 15 is 0 Å². The summed E-state index contributed by atoms with van der Waals surface area (Å²) in [6.07, 6.45) is 9.14. The number of ether oxygens (including phenoxy) is 1. The quantitative estimate of drug-likeness (QED) is 0.790. The minimum absolute atomic E-state index is 0.143. The molecule has 0 bridgehead atoms. The van der Waals surface area contributed by atoms with Crippen molar-refractivity contribution in [2.45, 2.75) is 6.10 Å². The number of amides is 1. The lowest BCUT2D eigenvalue weighted by molar-refractivity contribution is -0.0251. The Morgan fingerprint density at radius 1 is 1.15 bits per heavy atom. The van der Waals surface area contributed by atoms with E-state index in [-0.39, 0.29) is 12.0 Å². The molecule has 3 rings (SSSR count). The smallest absolute Gasteiger partial charge is 0.274 e. The fraction of sp³-hybridized carbons (Fsp3) is 0.308. The van der Waals surface area contributed by atoms with Crippen LogP contribution >= 0.6 is 0 Å². The summed E-state index contributed by atoms with van der Waals surface area (Å²) in [6.45, 7) is 1.44. The first-order valence-corrected chi connectivity index (χ1v) is 6.27. The van der Waals surface area contributed by atoms with Crippen LogP contribution in [0.1, 0.15) is 22.3 Å². The molecule has 20 heavy (non-hydrogen) atoms. The lowest BCUT2D eigenvalue weighted by Gasteiger charge is -2.32. The van der Waals surface area contributed by atoms with E-state index in [1.807, 2.05) is 0 Å².